The second-order valence-electron chi connectivity index (χ2n) is 4.14. The Kier molecular flexibility index (Phi) is 3.47. The van der Waals surface area contributed by atoms with Crippen LogP contribution in [0, 0.1) is 13.8 Å². The van der Waals surface area contributed by atoms with E-state index in [1.54, 1.807) is 0 Å². The van der Waals surface area contributed by atoms with Gasteiger partial charge in [-0.3, -0.25) is 4.98 Å². The van der Waals surface area contributed by atoms with Crippen LogP contribution in [0.15, 0.2) is 22.7 Å². The lowest BCUT2D eigenvalue weighted by Crippen LogP contribution is -2.06. The van der Waals surface area contributed by atoms with Crippen LogP contribution in [0.4, 0.5) is 0 Å². The number of hydrogen-bond donors (Lipinski definition) is 2. The summed E-state index contributed by atoms with van der Waals surface area (Å²) in [5.41, 5.74) is 3.50. The topological polar surface area (TPSA) is 53.4 Å². The third-order valence-corrected chi connectivity index (χ3v) is 3.68. The highest BCUT2D eigenvalue weighted by Crippen LogP contribution is 2.33. The van der Waals surface area contributed by atoms with Gasteiger partial charge in [-0.05, 0) is 53.5 Å². The summed E-state index contributed by atoms with van der Waals surface area (Å²) in [4.78, 5) is 4.45. The van der Waals surface area contributed by atoms with E-state index in [-0.39, 0.29) is 6.61 Å². The summed E-state index contributed by atoms with van der Waals surface area (Å²) in [6.45, 7) is 3.56. The van der Waals surface area contributed by atoms with E-state index >= 15 is 0 Å². The molecule has 1 heterocycles. The van der Waals surface area contributed by atoms with Gasteiger partial charge >= 0.3 is 0 Å². The van der Waals surface area contributed by atoms with E-state index in [1.165, 1.54) is 0 Å². The summed E-state index contributed by atoms with van der Waals surface area (Å²) in [7, 11) is 0. The minimum absolute atomic E-state index is 0.287. The molecule has 0 amide bonds. The molecular formula is C13H14BrNO2. The maximum absolute atomic E-state index is 9.80. The minimum Gasteiger partial charge on any atom is -0.393 e. The molecule has 0 aliphatic heterocycles. The first kappa shape index (κ1) is 12.5. The van der Waals surface area contributed by atoms with Crippen molar-refractivity contribution < 1.29 is 10.2 Å². The minimum atomic E-state index is -0.866. The van der Waals surface area contributed by atoms with Crippen LogP contribution >= 0.6 is 15.9 Å². The highest BCUT2D eigenvalue weighted by Gasteiger charge is 2.16. The van der Waals surface area contributed by atoms with Crippen molar-refractivity contribution in [2.75, 3.05) is 6.61 Å². The van der Waals surface area contributed by atoms with E-state index < -0.39 is 6.10 Å². The molecule has 2 aromatic rings. The van der Waals surface area contributed by atoms with Gasteiger partial charge in [0.15, 0.2) is 0 Å². The fourth-order valence-corrected chi connectivity index (χ4v) is 2.89. The summed E-state index contributed by atoms with van der Waals surface area (Å²) >= 11 is 3.49. The molecule has 0 bridgehead atoms. The van der Waals surface area contributed by atoms with Crippen LogP contribution in [-0.4, -0.2) is 21.8 Å². The summed E-state index contributed by atoms with van der Waals surface area (Å²) in [5.74, 6) is 0. The van der Waals surface area contributed by atoms with Crippen LogP contribution in [0.2, 0.25) is 0 Å². The van der Waals surface area contributed by atoms with Gasteiger partial charge in [-0.2, -0.15) is 0 Å². The van der Waals surface area contributed by atoms with Crippen LogP contribution in [0.1, 0.15) is 22.9 Å². The fraction of sp³-hybridized carbons (Fsp3) is 0.308. The molecule has 17 heavy (non-hydrogen) atoms. The predicted molar refractivity (Wildman–Crippen MR) is 71.0 cm³/mol. The van der Waals surface area contributed by atoms with Gasteiger partial charge in [0.05, 0.1) is 12.1 Å². The molecule has 3 nitrogen and oxygen atoms in total. The van der Waals surface area contributed by atoms with Gasteiger partial charge in [-0.15, -0.1) is 0 Å². The van der Waals surface area contributed by atoms with E-state index in [4.69, 9.17) is 5.11 Å². The molecule has 0 spiro atoms. The lowest BCUT2D eigenvalue weighted by atomic mass is 10.0. The molecule has 0 saturated carbocycles. The Bertz CT molecular complexity index is 569. The molecule has 1 unspecified atom stereocenters. The van der Waals surface area contributed by atoms with E-state index in [0.29, 0.717) is 0 Å². The van der Waals surface area contributed by atoms with Gasteiger partial charge in [0.1, 0.15) is 6.10 Å². The van der Waals surface area contributed by atoms with E-state index in [0.717, 1.165) is 32.2 Å². The summed E-state index contributed by atoms with van der Waals surface area (Å²) in [6.07, 6.45) is -0.866. The SMILES string of the molecule is Cc1ccc2c(Br)c(C(O)CO)c(C)cc2n1. The van der Waals surface area contributed by atoms with Crippen LogP contribution in [0.5, 0.6) is 0 Å². The molecule has 1 aromatic heterocycles. The van der Waals surface area contributed by atoms with Gasteiger partial charge in [-0.25, -0.2) is 0 Å². The molecule has 0 radical (unpaired) electrons. The molecule has 0 aliphatic carbocycles. The summed E-state index contributed by atoms with van der Waals surface area (Å²) in [5, 5.41) is 19.8. The number of rotatable bonds is 2. The number of fused-ring (bicyclic) bond motifs is 1. The van der Waals surface area contributed by atoms with Gasteiger partial charge in [0.2, 0.25) is 0 Å². The quantitative estimate of drug-likeness (QED) is 0.895. The zero-order valence-corrected chi connectivity index (χ0v) is 11.3. The average Bonchev–Trinajstić information content (AvgIpc) is 2.28. The summed E-state index contributed by atoms with van der Waals surface area (Å²) < 4.78 is 0.807. The first-order valence-corrected chi connectivity index (χ1v) is 6.19. The maximum Gasteiger partial charge on any atom is 0.103 e. The first-order valence-electron chi connectivity index (χ1n) is 5.40. The number of hydrogen-bond acceptors (Lipinski definition) is 3. The van der Waals surface area contributed by atoms with Crippen molar-refractivity contribution in [2.45, 2.75) is 20.0 Å². The Balaban J connectivity index is 2.76. The number of aryl methyl sites for hydroxylation is 2. The molecule has 1 atom stereocenters. The number of nitrogens with zero attached hydrogens (tertiary/aromatic N) is 1. The van der Waals surface area contributed by atoms with Gasteiger partial charge in [-0.1, -0.05) is 0 Å². The Labute approximate surface area is 108 Å². The molecular weight excluding hydrogens is 282 g/mol. The molecule has 1 aromatic carbocycles. The maximum atomic E-state index is 9.80. The standard InChI is InChI=1S/C13H14BrNO2/c1-7-5-10-9(4-3-8(2)15-10)13(14)12(7)11(17)6-16/h3-5,11,16-17H,6H2,1-2H3. The second kappa shape index (κ2) is 4.72. The highest BCUT2D eigenvalue weighted by molar-refractivity contribution is 9.10. The fourth-order valence-electron chi connectivity index (χ4n) is 1.97. The van der Waals surface area contributed by atoms with Crippen molar-refractivity contribution in [3.8, 4) is 0 Å². The van der Waals surface area contributed by atoms with Crippen LogP contribution in [0.3, 0.4) is 0 Å². The lowest BCUT2D eigenvalue weighted by Gasteiger charge is -2.15. The number of aromatic nitrogens is 1. The normalized spacial score (nSPS) is 13.0. The summed E-state index contributed by atoms with van der Waals surface area (Å²) in [6, 6.07) is 5.83. The van der Waals surface area contributed by atoms with Gasteiger partial charge < -0.3 is 10.2 Å². The zero-order valence-electron chi connectivity index (χ0n) is 9.74. The molecule has 0 fully saturated rings. The molecule has 4 heteroatoms. The van der Waals surface area contributed by atoms with Crippen molar-refractivity contribution in [2.24, 2.45) is 0 Å². The van der Waals surface area contributed by atoms with Crippen molar-refractivity contribution in [1.82, 2.24) is 4.98 Å². The third-order valence-electron chi connectivity index (χ3n) is 2.82. The lowest BCUT2D eigenvalue weighted by molar-refractivity contribution is 0.0947. The van der Waals surface area contributed by atoms with E-state index in [2.05, 4.69) is 20.9 Å². The molecule has 0 saturated heterocycles. The number of aliphatic hydroxyl groups is 2. The van der Waals surface area contributed by atoms with Gasteiger partial charge in [0.25, 0.3) is 0 Å². The Morgan fingerprint density at radius 1 is 1.35 bits per heavy atom. The number of halogens is 1. The first-order chi connectivity index (χ1) is 8.04. The van der Waals surface area contributed by atoms with Crippen molar-refractivity contribution >= 4 is 26.8 Å². The number of aliphatic hydroxyl groups excluding tert-OH is 2. The Morgan fingerprint density at radius 2 is 2.06 bits per heavy atom. The average molecular weight is 296 g/mol. The Morgan fingerprint density at radius 3 is 2.71 bits per heavy atom. The van der Waals surface area contributed by atoms with Crippen LogP contribution < -0.4 is 0 Å². The number of benzene rings is 1. The Hall–Kier alpha value is -0.970. The third kappa shape index (κ3) is 2.20. The van der Waals surface area contributed by atoms with E-state index in [9.17, 15) is 5.11 Å². The van der Waals surface area contributed by atoms with E-state index in [1.807, 2.05) is 32.0 Å². The predicted octanol–water partition coefficient (Wildman–Crippen LogP) is 2.64. The molecule has 0 aliphatic rings. The smallest absolute Gasteiger partial charge is 0.103 e. The zero-order chi connectivity index (χ0) is 12.6. The highest BCUT2D eigenvalue weighted by atomic mass is 79.9. The van der Waals surface area contributed by atoms with Crippen molar-refractivity contribution in [1.29, 1.82) is 0 Å². The van der Waals surface area contributed by atoms with Crippen molar-refractivity contribution in [3.63, 3.8) is 0 Å². The van der Waals surface area contributed by atoms with Crippen LogP contribution in [-0.2, 0) is 0 Å². The largest absolute Gasteiger partial charge is 0.393 e. The number of pyridine rings is 1. The van der Waals surface area contributed by atoms with Crippen molar-refractivity contribution in [3.05, 3.63) is 39.5 Å². The van der Waals surface area contributed by atoms with Crippen LogP contribution in [0.25, 0.3) is 10.9 Å². The monoisotopic (exact) mass is 295 g/mol. The molecule has 2 rings (SSSR count). The molecule has 90 valence electrons. The van der Waals surface area contributed by atoms with Gasteiger partial charge in [0, 0.05) is 21.1 Å². The second-order valence-corrected chi connectivity index (χ2v) is 4.93. The molecule has 2 N–H and O–H groups in total.